The number of piperidine rings is 1. The van der Waals surface area contributed by atoms with E-state index in [1.54, 1.807) is 6.07 Å². The van der Waals surface area contributed by atoms with Gasteiger partial charge in [0, 0.05) is 43.7 Å². The van der Waals surface area contributed by atoms with E-state index in [1.807, 2.05) is 36.9 Å². The van der Waals surface area contributed by atoms with Crippen LogP contribution in [0.2, 0.25) is 0 Å². The summed E-state index contributed by atoms with van der Waals surface area (Å²) in [4.78, 5) is 34.1. The number of hydrogen-bond donors (Lipinski definition) is 2. The summed E-state index contributed by atoms with van der Waals surface area (Å²) in [5.74, 6) is -0.498. The molecule has 1 fully saturated rings. The lowest BCUT2D eigenvalue weighted by Gasteiger charge is -2.33. The van der Waals surface area contributed by atoms with Crippen LogP contribution in [0.1, 0.15) is 41.3 Å². The van der Waals surface area contributed by atoms with Crippen LogP contribution < -0.4 is 15.0 Å². The van der Waals surface area contributed by atoms with Crippen molar-refractivity contribution in [2.45, 2.75) is 39.7 Å². The van der Waals surface area contributed by atoms with Crippen LogP contribution in [0.15, 0.2) is 42.7 Å². The molecule has 1 amide bonds. The number of anilines is 1. The number of carboxylic acid groups (broad SMARTS) is 1. The molecule has 11 heteroatoms. The molecule has 2 N–H and O–H groups in total. The Morgan fingerprint density at radius 3 is 2.47 bits per heavy atom. The number of aryl methyl sites for hydroxylation is 2. The number of nitrogens with zero attached hydrogens (tertiary/aromatic N) is 5. The van der Waals surface area contributed by atoms with Gasteiger partial charge in [0.15, 0.2) is 11.6 Å². The average molecular weight is 519 g/mol. The Bertz CT molecular complexity index is 1520. The quantitative estimate of drug-likeness (QED) is 0.390. The number of benzene rings is 2. The highest BCUT2D eigenvalue weighted by atomic mass is 19.1. The van der Waals surface area contributed by atoms with E-state index in [9.17, 15) is 14.7 Å². The van der Waals surface area contributed by atoms with Gasteiger partial charge in [-0.3, -0.25) is 4.79 Å². The number of rotatable bonds is 6. The van der Waals surface area contributed by atoms with Gasteiger partial charge in [-0.1, -0.05) is 18.2 Å². The zero-order valence-corrected chi connectivity index (χ0v) is 21.2. The number of para-hydroxylation sites is 1. The van der Waals surface area contributed by atoms with Crippen molar-refractivity contribution in [2.24, 2.45) is 0 Å². The maximum absolute atomic E-state index is 15.3. The summed E-state index contributed by atoms with van der Waals surface area (Å²) in [6.45, 7) is 6.49. The van der Waals surface area contributed by atoms with Gasteiger partial charge in [0.2, 0.25) is 5.91 Å². The minimum Gasteiger partial charge on any atom is -0.478 e. The number of hydrogen-bond acceptors (Lipinski definition) is 7. The second kappa shape index (κ2) is 10.1. The van der Waals surface area contributed by atoms with Gasteiger partial charge in [0.25, 0.3) is 5.95 Å². The number of halogens is 1. The molecule has 1 aliphatic rings. The van der Waals surface area contributed by atoms with E-state index < -0.39 is 11.8 Å². The van der Waals surface area contributed by atoms with Crippen molar-refractivity contribution in [3.05, 3.63) is 65.2 Å². The number of carbonyl (C=O) groups excluding carboxylic acids is 1. The van der Waals surface area contributed by atoms with Crippen molar-refractivity contribution in [3.63, 3.8) is 0 Å². The smallest absolute Gasteiger partial charge is 0.338 e. The number of aromatic nitrogens is 4. The summed E-state index contributed by atoms with van der Waals surface area (Å²) in [6.07, 6.45) is 3.93. The first-order valence-corrected chi connectivity index (χ1v) is 12.3. The monoisotopic (exact) mass is 518 g/mol. The van der Waals surface area contributed by atoms with Crippen molar-refractivity contribution >= 4 is 28.6 Å². The third-order valence-electron chi connectivity index (χ3n) is 6.57. The van der Waals surface area contributed by atoms with Crippen LogP contribution in [0.3, 0.4) is 0 Å². The molecule has 10 nitrogen and oxygen atoms in total. The third kappa shape index (κ3) is 4.99. The second-order valence-electron chi connectivity index (χ2n) is 9.41. The average Bonchev–Trinajstić information content (AvgIpc) is 3.37. The van der Waals surface area contributed by atoms with E-state index >= 15 is 4.39 Å². The molecule has 0 bridgehead atoms. The Morgan fingerprint density at radius 2 is 1.84 bits per heavy atom. The predicted molar refractivity (Wildman–Crippen MR) is 139 cm³/mol. The van der Waals surface area contributed by atoms with E-state index in [0.29, 0.717) is 48.4 Å². The lowest BCUT2D eigenvalue weighted by atomic mass is 10.0. The summed E-state index contributed by atoms with van der Waals surface area (Å²) < 4.78 is 22.6. The Balaban J connectivity index is 1.59. The number of aromatic carboxylic acids is 1. The van der Waals surface area contributed by atoms with Gasteiger partial charge in [-0.2, -0.15) is 10.1 Å². The zero-order valence-electron chi connectivity index (χ0n) is 21.2. The van der Waals surface area contributed by atoms with Gasteiger partial charge in [-0.25, -0.2) is 18.9 Å². The van der Waals surface area contributed by atoms with Crippen LogP contribution in [-0.4, -0.2) is 55.9 Å². The van der Waals surface area contributed by atoms with Crippen molar-refractivity contribution in [3.8, 4) is 17.4 Å². The molecule has 4 aromatic rings. The van der Waals surface area contributed by atoms with Gasteiger partial charge in [0.1, 0.15) is 11.6 Å². The van der Waals surface area contributed by atoms with Crippen LogP contribution in [0.4, 0.5) is 10.2 Å². The van der Waals surface area contributed by atoms with Crippen LogP contribution in [-0.2, 0) is 4.79 Å². The van der Waals surface area contributed by atoms with E-state index in [0.717, 1.165) is 11.1 Å². The van der Waals surface area contributed by atoms with Crippen LogP contribution in [0, 0.1) is 19.7 Å². The molecular formula is C27H27FN6O4. The van der Waals surface area contributed by atoms with E-state index in [2.05, 4.69) is 15.4 Å². The number of ether oxygens (including phenoxy) is 1. The maximum Gasteiger partial charge on any atom is 0.338 e. The van der Waals surface area contributed by atoms with Crippen molar-refractivity contribution in [1.82, 2.24) is 25.1 Å². The molecule has 0 spiro atoms. The fourth-order valence-corrected chi connectivity index (χ4v) is 4.66. The summed E-state index contributed by atoms with van der Waals surface area (Å²) in [6, 6.07) is 8.66. The standard InChI is InChI=1S/C27H27FN6O4/c1-15-5-4-6-16(2)24(15)38-23-11-20-22(12-21(23)28)31-27(34-14-18(13-29-34)26(36)37)32-25(20)33-9-7-19(8-10-33)30-17(3)35/h4-6,11-14,19H,7-10H2,1-3H3,(H,30,35)(H,36,37). The van der Waals surface area contributed by atoms with E-state index in [1.165, 1.54) is 30.1 Å². The molecule has 1 aliphatic heterocycles. The number of carbonyl (C=O) groups is 2. The third-order valence-corrected chi connectivity index (χ3v) is 6.57. The second-order valence-corrected chi connectivity index (χ2v) is 9.41. The maximum atomic E-state index is 15.3. The Labute approximate surface area is 218 Å². The number of carboxylic acids is 1. The molecule has 38 heavy (non-hydrogen) atoms. The normalized spacial score (nSPS) is 14.1. The van der Waals surface area contributed by atoms with Crippen LogP contribution in [0.5, 0.6) is 11.5 Å². The van der Waals surface area contributed by atoms with Crippen molar-refractivity contribution < 1.29 is 23.8 Å². The highest BCUT2D eigenvalue weighted by molar-refractivity contribution is 5.92. The molecule has 5 rings (SSSR count). The Hall–Kier alpha value is -4.54. The van der Waals surface area contributed by atoms with Gasteiger partial charge in [-0.15, -0.1) is 0 Å². The molecule has 0 radical (unpaired) electrons. The van der Waals surface area contributed by atoms with Gasteiger partial charge in [-0.05, 0) is 43.9 Å². The number of fused-ring (bicyclic) bond motifs is 1. The summed E-state index contributed by atoms with van der Waals surface area (Å²) in [7, 11) is 0. The fraction of sp³-hybridized carbons (Fsp3) is 0.296. The van der Waals surface area contributed by atoms with E-state index in [4.69, 9.17) is 9.72 Å². The fourth-order valence-electron chi connectivity index (χ4n) is 4.66. The minimum absolute atomic E-state index is 0.0186. The van der Waals surface area contributed by atoms with Crippen LogP contribution >= 0.6 is 0 Å². The molecule has 1 saturated heterocycles. The molecule has 0 unspecified atom stereocenters. The molecule has 0 aliphatic carbocycles. The van der Waals surface area contributed by atoms with Crippen molar-refractivity contribution in [2.75, 3.05) is 18.0 Å². The number of nitrogens with one attached hydrogen (secondary N) is 1. The molecule has 0 saturated carbocycles. The van der Waals surface area contributed by atoms with Gasteiger partial charge in [0.05, 0.1) is 17.3 Å². The highest BCUT2D eigenvalue weighted by Crippen LogP contribution is 2.36. The Morgan fingerprint density at radius 1 is 1.13 bits per heavy atom. The summed E-state index contributed by atoms with van der Waals surface area (Å²) in [5.41, 5.74) is 2.07. The van der Waals surface area contributed by atoms with Crippen molar-refractivity contribution in [1.29, 1.82) is 0 Å². The Kier molecular flexibility index (Phi) is 6.66. The van der Waals surface area contributed by atoms with Crippen LogP contribution in [0.25, 0.3) is 16.9 Å². The molecule has 3 heterocycles. The summed E-state index contributed by atoms with van der Waals surface area (Å²) >= 11 is 0. The van der Waals surface area contributed by atoms with E-state index in [-0.39, 0.29) is 29.2 Å². The minimum atomic E-state index is -1.13. The molecule has 0 atom stereocenters. The lowest BCUT2D eigenvalue weighted by molar-refractivity contribution is -0.119. The first kappa shape index (κ1) is 25.1. The first-order chi connectivity index (χ1) is 18.2. The zero-order chi connectivity index (χ0) is 27.0. The topological polar surface area (TPSA) is 122 Å². The largest absolute Gasteiger partial charge is 0.478 e. The first-order valence-electron chi connectivity index (χ1n) is 12.3. The summed E-state index contributed by atoms with van der Waals surface area (Å²) in [5, 5.41) is 16.9. The highest BCUT2D eigenvalue weighted by Gasteiger charge is 2.25. The molecular weight excluding hydrogens is 491 g/mol. The number of amides is 1. The predicted octanol–water partition coefficient (Wildman–Crippen LogP) is 4.17. The van der Waals surface area contributed by atoms with Gasteiger partial charge >= 0.3 is 5.97 Å². The molecule has 2 aromatic heterocycles. The lowest BCUT2D eigenvalue weighted by Crippen LogP contribution is -2.44. The molecule has 2 aromatic carbocycles. The molecule has 196 valence electrons. The SMILES string of the molecule is CC(=O)NC1CCN(c2nc(-n3cc(C(=O)O)cn3)nc3cc(F)c(Oc4c(C)cccc4C)cc23)CC1. The van der Waals surface area contributed by atoms with Gasteiger partial charge < -0.3 is 20.1 Å².